The Bertz CT molecular complexity index is 298. The van der Waals surface area contributed by atoms with Crippen molar-refractivity contribution in [3.05, 3.63) is 12.7 Å². The fourth-order valence-electron chi connectivity index (χ4n) is 0.853. The van der Waals surface area contributed by atoms with Crippen LogP contribution in [0.5, 0.6) is 0 Å². The number of hydrogen-bond acceptors (Lipinski definition) is 5. The first-order valence-electron chi connectivity index (χ1n) is 4.12. The van der Waals surface area contributed by atoms with E-state index in [1.807, 2.05) is 0 Å². The molecule has 0 aliphatic carbocycles. The van der Waals surface area contributed by atoms with Gasteiger partial charge in [0.05, 0.1) is 16.2 Å². The molecule has 0 amide bonds. The molecular formula is C8H13NaO5S. The average molecular weight is 244 g/mol. The smallest absolute Gasteiger partial charge is 0.748 e. The summed E-state index contributed by atoms with van der Waals surface area (Å²) in [4.78, 5) is 10.7. The molecule has 5 nitrogen and oxygen atoms in total. The van der Waals surface area contributed by atoms with Crippen LogP contribution in [0.4, 0.5) is 0 Å². The topological polar surface area (TPSA) is 83.5 Å². The van der Waals surface area contributed by atoms with E-state index in [0.717, 1.165) is 6.08 Å². The van der Waals surface area contributed by atoms with Crippen LogP contribution in [0.1, 0.15) is 19.8 Å². The maximum absolute atomic E-state index is 10.7. The summed E-state index contributed by atoms with van der Waals surface area (Å²) in [6, 6.07) is 0. The minimum Gasteiger partial charge on any atom is -0.748 e. The van der Waals surface area contributed by atoms with Gasteiger partial charge < -0.3 is 9.29 Å². The van der Waals surface area contributed by atoms with Crippen molar-refractivity contribution in [3.8, 4) is 0 Å². The second-order valence-electron chi connectivity index (χ2n) is 2.86. The van der Waals surface area contributed by atoms with Crippen molar-refractivity contribution in [2.24, 2.45) is 0 Å². The van der Waals surface area contributed by atoms with Crippen LogP contribution in [0, 0.1) is 0 Å². The van der Waals surface area contributed by atoms with Crippen molar-refractivity contribution in [3.63, 3.8) is 0 Å². The molecule has 0 aliphatic heterocycles. The minimum absolute atomic E-state index is 0. The summed E-state index contributed by atoms with van der Waals surface area (Å²) in [5.41, 5.74) is 0. The molecule has 0 aromatic rings. The van der Waals surface area contributed by atoms with Crippen LogP contribution < -0.4 is 29.6 Å². The standard InChI is InChI=1S/C8H14O5S.Na/c1-3-8(9)13-7(2)5-4-6-14(10,11)12;/h3,7H,1,4-6H2,2H3,(H,10,11,12);/q;+1/p-1. The molecule has 0 saturated heterocycles. The molecule has 1 atom stereocenters. The number of hydrogen-bond donors (Lipinski definition) is 0. The molecular weight excluding hydrogens is 231 g/mol. The minimum atomic E-state index is -4.16. The molecule has 7 heteroatoms. The van der Waals surface area contributed by atoms with Crippen LogP contribution in [-0.2, 0) is 19.6 Å². The van der Waals surface area contributed by atoms with E-state index in [-0.39, 0.29) is 36.0 Å². The van der Waals surface area contributed by atoms with Crippen molar-refractivity contribution < 1.29 is 52.1 Å². The zero-order valence-corrected chi connectivity index (χ0v) is 11.7. The molecule has 0 spiro atoms. The molecule has 82 valence electrons. The molecule has 0 aromatic heterocycles. The number of carbonyl (C=O) groups is 1. The number of rotatable bonds is 6. The maximum atomic E-state index is 10.7. The van der Waals surface area contributed by atoms with Crippen LogP contribution in [0.2, 0.25) is 0 Å². The molecule has 0 heterocycles. The molecule has 1 unspecified atom stereocenters. The second kappa shape index (κ2) is 8.29. The third-order valence-corrected chi connectivity index (χ3v) is 2.28. The summed E-state index contributed by atoms with van der Waals surface area (Å²) < 4.78 is 35.4. The Labute approximate surface area is 112 Å². The predicted octanol–water partition coefficient (Wildman–Crippen LogP) is -2.57. The predicted molar refractivity (Wildman–Crippen MR) is 49.5 cm³/mol. The first-order chi connectivity index (χ1) is 6.35. The quantitative estimate of drug-likeness (QED) is 0.222. The van der Waals surface area contributed by atoms with Gasteiger partial charge in [0.15, 0.2) is 0 Å². The molecule has 0 radical (unpaired) electrons. The first kappa shape index (κ1) is 17.5. The summed E-state index contributed by atoms with van der Waals surface area (Å²) in [5.74, 6) is -0.981. The van der Waals surface area contributed by atoms with Gasteiger partial charge in [0, 0.05) is 11.8 Å². The maximum Gasteiger partial charge on any atom is 1.00 e. The van der Waals surface area contributed by atoms with Gasteiger partial charge in [-0.15, -0.1) is 0 Å². The van der Waals surface area contributed by atoms with Gasteiger partial charge in [0.1, 0.15) is 0 Å². The number of carbonyl (C=O) groups excluding carboxylic acids is 1. The van der Waals surface area contributed by atoms with E-state index >= 15 is 0 Å². The Balaban J connectivity index is 0. The monoisotopic (exact) mass is 244 g/mol. The summed E-state index contributed by atoms with van der Waals surface area (Å²) in [7, 11) is -4.16. The van der Waals surface area contributed by atoms with E-state index < -0.39 is 27.9 Å². The molecule has 0 rings (SSSR count). The summed E-state index contributed by atoms with van der Waals surface area (Å²) >= 11 is 0. The molecule has 0 N–H and O–H groups in total. The fourth-order valence-corrected chi connectivity index (χ4v) is 1.37. The molecule has 0 bridgehead atoms. The molecule has 0 saturated carbocycles. The third kappa shape index (κ3) is 12.0. The zero-order valence-electron chi connectivity index (χ0n) is 8.93. The third-order valence-electron chi connectivity index (χ3n) is 1.49. The van der Waals surface area contributed by atoms with Crippen molar-refractivity contribution in [1.82, 2.24) is 0 Å². The zero-order chi connectivity index (χ0) is 11.2. The summed E-state index contributed by atoms with van der Waals surface area (Å²) in [5, 5.41) is 0. The summed E-state index contributed by atoms with van der Waals surface area (Å²) in [6.07, 6.45) is 1.17. The van der Waals surface area contributed by atoms with Gasteiger partial charge >= 0.3 is 35.5 Å². The Hall–Kier alpha value is 0.120. The molecule has 0 aromatic carbocycles. The van der Waals surface area contributed by atoms with Gasteiger partial charge in [-0.25, -0.2) is 13.2 Å². The summed E-state index contributed by atoms with van der Waals surface area (Å²) in [6.45, 7) is 4.84. The Kier molecular flexibility index (Phi) is 9.68. The first-order valence-corrected chi connectivity index (χ1v) is 5.69. The van der Waals surface area contributed by atoms with Gasteiger partial charge in [0.2, 0.25) is 0 Å². The Morgan fingerprint density at radius 2 is 2.13 bits per heavy atom. The van der Waals surface area contributed by atoms with Gasteiger partial charge in [-0.05, 0) is 19.8 Å². The van der Waals surface area contributed by atoms with Gasteiger partial charge in [-0.3, -0.25) is 0 Å². The van der Waals surface area contributed by atoms with Crippen LogP contribution >= 0.6 is 0 Å². The number of esters is 1. The van der Waals surface area contributed by atoms with E-state index in [4.69, 9.17) is 4.74 Å². The largest absolute Gasteiger partial charge is 1.00 e. The van der Waals surface area contributed by atoms with Gasteiger partial charge in [-0.2, -0.15) is 0 Å². The van der Waals surface area contributed by atoms with E-state index in [1.54, 1.807) is 6.92 Å². The van der Waals surface area contributed by atoms with E-state index in [9.17, 15) is 17.8 Å². The normalized spacial score (nSPS) is 12.4. The van der Waals surface area contributed by atoms with Gasteiger partial charge in [0.25, 0.3) is 0 Å². The molecule has 0 aliphatic rings. The van der Waals surface area contributed by atoms with Crippen LogP contribution in [-0.4, -0.2) is 30.8 Å². The van der Waals surface area contributed by atoms with Crippen LogP contribution in [0.25, 0.3) is 0 Å². The van der Waals surface area contributed by atoms with Crippen molar-refractivity contribution in [2.45, 2.75) is 25.9 Å². The molecule has 15 heavy (non-hydrogen) atoms. The second-order valence-corrected chi connectivity index (χ2v) is 4.38. The number of ether oxygens (including phenoxy) is 1. The van der Waals surface area contributed by atoms with Crippen molar-refractivity contribution in [2.75, 3.05) is 5.75 Å². The van der Waals surface area contributed by atoms with E-state index in [2.05, 4.69) is 6.58 Å². The van der Waals surface area contributed by atoms with Crippen molar-refractivity contribution in [1.29, 1.82) is 0 Å². The molecule has 0 fully saturated rings. The fraction of sp³-hybridized carbons (Fsp3) is 0.625. The van der Waals surface area contributed by atoms with Gasteiger partial charge in [-0.1, -0.05) is 6.58 Å². The van der Waals surface area contributed by atoms with Crippen LogP contribution in [0.15, 0.2) is 12.7 Å². The Morgan fingerprint density at radius 3 is 2.53 bits per heavy atom. The van der Waals surface area contributed by atoms with E-state index in [0.29, 0.717) is 6.42 Å². The average Bonchev–Trinajstić information content (AvgIpc) is 2.01. The SMILES string of the molecule is C=CC(=O)OC(C)CCCS(=O)(=O)[O-].[Na+]. The van der Waals surface area contributed by atoms with E-state index in [1.165, 1.54) is 0 Å². The Morgan fingerprint density at radius 1 is 1.60 bits per heavy atom. The van der Waals surface area contributed by atoms with Crippen LogP contribution in [0.3, 0.4) is 0 Å². The van der Waals surface area contributed by atoms with Crippen molar-refractivity contribution >= 4 is 16.1 Å².